The van der Waals surface area contributed by atoms with Crippen LogP contribution >= 0.6 is 0 Å². The van der Waals surface area contributed by atoms with Gasteiger partial charge in [-0.3, -0.25) is 4.90 Å². The van der Waals surface area contributed by atoms with E-state index >= 15 is 0 Å². The first kappa shape index (κ1) is 14.5. The summed E-state index contributed by atoms with van der Waals surface area (Å²) in [6, 6.07) is 7.44. The SMILES string of the molecule is COC(=O)c1cccc(CN2CCC[C@H]2CO)c1C#N. The summed E-state index contributed by atoms with van der Waals surface area (Å²) >= 11 is 0. The van der Waals surface area contributed by atoms with Gasteiger partial charge in [0, 0.05) is 12.6 Å². The number of benzene rings is 1. The Morgan fingerprint density at radius 1 is 1.60 bits per heavy atom. The van der Waals surface area contributed by atoms with Gasteiger partial charge in [0.1, 0.15) is 6.07 Å². The lowest BCUT2D eigenvalue weighted by Gasteiger charge is -2.23. The van der Waals surface area contributed by atoms with Crippen molar-refractivity contribution in [1.82, 2.24) is 4.90 Å². The second-order valence-electron chi connectivity index (χ2n) is 4.89. The predicted octanol–water partition coefficient (Wildman–Crippen LogP) is 1.30. The smallest absolute Gasteiger partial charge is 0.339 e. The lowest BCUT2D eigenvalue weighted by molar-refractivity contribution is 0.0600. The fraction of sp³-hybridized carbons (Fsp3) is 0.467. The molecule has 1 aliphatic rings. The van der Waals surface area contributed by atoms with Crippen LogP contribution in [0.2, 0.25) is 0 Å². The van der Waals surface area contributed by atoms with Crippen LogP contribution in [0.25, 0.3) is 0 Å². The fourth-order valence-corrected chi connectivity index (χ4v) is 2.67. The van der Waals surface area contributed by atoms with Crippen LogP contribution in [0.15, 0.2) is 18.2 Å². The number of rotatable bonds is 4. The maximum atomic E-state index is 11.7. The van der Waals surface area contributed by atoms with Gasteiger partial charge in [0.15, 0.2) is 0 Å². The zero-order chi connectivity index (χ0) is 14.5. The second-order valence-corrected chi connectivity index (χ2v) is 4.89. The molecule has 0 unspecified atom stereocenters. The Morgan fingerprint density at radius 2 is 2.40 bits per heavy atom. The highest BCUT2D eigenvalue weighted by molar-refractivity contribution is 5.92. The van der Waals surface area contributed by atoms with Crippen molar-refractivity contribution < 1.29 is 14.6 Å². The minimum atomic E-state index is -0.497. The van der Waals surface area contributed by atoms with E-state index in [0.29, 0.717) is 17.7 Å². The minimum Gasteiger partial charge on any atom is -0.465 e. The van der Waals surface area contributed by atoms with Gasteiger partial charge in [-0.1, -0.05) is 12.1 Å². The maximum absolute atomic E-state index is 11.7. The van der Waals surface area contributed by atoms with Crippen molar-refractivity contribution in [2.75, 3.05) is 20.3 Å². The number of nitriles is 1. The van der Waals surface area contributed by atoms with Crippen molar-refractivity contribution in [3.05, 3.63) is 34.9 Å². The fourth-order valence-electron chi connectivity index (χ4n) is 2.67. The van der Waals surface area contributed by atoms with E-state index in [1.807, 2.05) is 6.07 Å². The maximum Gasteiger partial charge on any atom is 0.339 e. The Morgan fingerprint density at radius 3 is 3.05 bits per heavy atom. The predicted molar refractivity (Wildman–Crippen MR) is 73.0 cm³/mol. The number of hydrogen-bond acceptors (Lipinski definition) is 5. The lowest BCUT2D eigenvalue weighted by Crippen LogP contribution is -2.32. The van der Waals surface area contributed by atoms with Crippen molar-refractivity contribution >= 4 is 5.97 Å². The summed E-state index contributed by atoms with van der Waals surface area (Å²) in [7, 11) is 1.30. The van der Waals surface area contributed by atoms with E-state index in [1.54, 1.807) is 12.1 Å². The number of carbonyl (C=O) groups is 1. The number of hydrogen-bond donors (Lipinski definition) is 1. The molecule has 0 aliphatic carbocycles. The van der Waals surface area contributed by atoms with Gasteiger partial charge in [0.05, 0.1) is 24.8 Å². The molecule has 0 aromatic heterocycles. The molecule has 1 aromatic rings. The number of likely N-dealkylation sites (tertiary alicyclic amines) is 1. The monoisotopic (exact) mass is 274 g/mol. The summed E-state index contributed by atoms with van der Waals surface area (Å²) in [5.74, 6) is -0.497. The quantitative estimate of drug-likeness (QED) is 0.838. The van der Waals surface area contributed by atoms with Gasteiger partial charge >= 0.3 is 5.97 Å². The van der Waals surface area contributed by atoms with Crippen molar-refractivity contribution in [2.45, 2.75) is 25.4 Å². The van der Waals surface area contributed by atoms with Crippen molar-refractivity contribution in [1.29, 1.82) is 5.26 Å². The zero-order valence-corrected chi connectivity index (χ0v) is 11.5. The highest BCUT2D eigenvalue weighted by Crippen LogP contribution is 2.23. The van der Waals surface area contributed by atoms with Crippen LogP contribution in [0.3, 0.4) is 0 Å². The first-order chi connectivity index (χ1) is 9.71. The molecule has 1 fully saturated rings. The molecular formula is C15H18N2O3. The normalized spacial score (nSPS) is 18.8. The van der Waals surface area contributed by atoms with Crippen LogP contribution in [0.5, 0.6) is 0 Å². The first-order valence-corrected chi connectivity index (χ1v) is 6.66. The highest BCUT2D eigenvalue weighted by atomic mass is 16.5. The number of nitrogens with zero attached hydrogens (tertiary/aromatic N) is 2. The number of aliphatic hydroxyl groups is 1. The third-order valence-corrected chi connectivity index (χ3v) is 3.75. The summed E-state index contributed by atoms with van der Waals surface area (Å²) in [4.78, 5) is 13.8. The molecule has 0 radical (unpaired) electrons. The number of ether oxygens (including phenoxy) is 1. The highest BCUT2D eigenvalue weighted by Gasteiger charge is 2.25. The number of esters is 1. The largest absolute Gasteiger partial charge is 0.465 e. The lowest BCUT2D eigenvalue weighted by atomic mass is 10.0. The molecule has 1 aliphatic heterocycles. The summed E-state index contributed by atoms with van der Waals surface area (Å²) in [6.45, 7) is 1.59. The molecule has 5 heteroatoms. The Hall–Kier alpha value is -1.90. The molecule has 5 nitrogen and oxygen atoms in total. The number of methoxy groups -OCH3 is 1. The molecule has 0 saturated carbocycles. The summed E-state index contributed by atoms with van der Waals surface area (Å²) in [5.41, 5.74) is 1.46. The van der Waals surface area contributed by atoms with Crippen LogP contribution in [0, 0.1) is 11.3 Å². The Labute approximate surface area is 118 Å². The molecular weight excluding hydrogens is 256 g/mol. The van der Waals surface area contributed by atoms with Crippen LogP contribution < -0.4 is 0 Å². The van der Waals surface area contributed by atoms with Gasteiger partial charge in [-0.15, -0.1) is 0 Å². The van der Waals surface area contributed by atoms with E-state index < -0.39 is 5.97 Å². The summed E-state index contributed by atoms with van der Waals surface area (Å²) in [6.07, 6.45) is 2.01. The number of carbonyl (C=O) groups excluding carboxylic acids is 1. The molecule has 1 aromatic carbocycles. The standard InChI is InChI=1S/C15H18N2O3/c1-20-15(19)13-6-2-4-11(14(13)8-16)9-17-7-3-5-12(17)10-18/h2,4,6,12,18H,3,5,7,9-10H2,1H3/t12-/m0/s1. The second kappa shape index (κ2) is 6.51. The van der Waals surface area contributed by atoms with Gasteiger partial charge in [-0.05, 0) is 31.0 Å². The van der Waals surface area contributed by atoms with Crippen LogP contribution in [-0.4, -0.2) is 42.3 Å². The third-order valence-electron chi connectivity index (χ3n) is 3.75. The Balaban J connectivity index is 2.28. The van der Waals surface area contributed by atoms with Gasteiger partial charge in [0.25, 0.3) is 0 Å². The molecule has 0 spiro atoms. The molecule has 0 bridgehead atoms. The Bertz CT molecular complexity index is 536. The molecule has 1 atom stereocenters. The molecule has 106 valence electrons. The third kappa shape index (κ3) is 2.82. The summed E-state index contributed by atoms with van der Waals surface area (Å²) < 4.78 is 4.70. The molecule has 1 heterocycles. The van der Waals surface area contributed by atoms with Crippen LogP contribution in [0.4, 0.5) is 0 Å². The van der Waals surface area contributed by atoms with Gasteiger partial charge in [0.2, 0.25) is 0 Å². The van der Waals surface area contributed by atoms with E-state index in [2.05, 4.69) is 11.0 Å². The topological polar surface area (TPSA) is 73.6 Å². The minimum absolute atomic E-state index is 0.124. The van der Waals surface area contributed by atoms with Crippen molar-refractivity contribution in [3.63, 3.8) is 0 Å². The van der Waals surface area contributed by atoms with E-state index in [9.17, 15) is 15.2 Å². The Kier molecular flexibility index (Phi) is 4.72. The van der Waals surface area contributed by atoms with Crippen molar-refractivity contribution in [3.8, 4) is 6.07 Å². The number of aliphatic hydroxyl groups excluding tert-OH is 1. The molecule has 0 amide bonds. The van der Waals surface area contributed by atoms with Gasteiger partial charge in [-0.2, -0.15) is 5.26 Å². The van der Waals surface area contributed by atoms with Gasteiger partial charge in [-0.25, -0.2) is 4.79 Å². The average molecular weight is 274 g/mol. The first-order valence-electron chi connectivity index (χ1n) is 6.66. The molecule has 2 rings (SSSR count). The molecule has 20 heavy (non-hydrogen) atoms. The van der Waals surface area contributed by atoms with Gasteiger partial charge < -0.3 is 9.84 Å². The molecule has 1 N–H and O–H groups in total. The van der Waals surface area contributed by atoms with Crippen LogP contribution in [0.1, 0.15) is 34.3 Å². The van der Waals surface area contributed by atoms with E-state index in [1.165, 1.54) is 7.11 Å². The van der Waals surface area contributed by atoms with Crippen LogP contribution in [-0.2, 0) is 11.3 Å². The van der Waals surface area contributed by atoms with E-state index in [4.69, 9.17) is 4.74 Å². The van der Waals surface area contributed by atoms with Crippen molar-refractivity contribution in [2.24, 2.45) is 0 Å². The summed E-state index contributed by atoms with van der Waals surface area (Å²) in [5, 5.41) is 18.7. The van der Waals surface area contributed by atoms with E-state index in [0.717, 1.165) is 24.9 Å². The van der Waals surface area contributed by atoms with E-state index in [-0.39, 0.29) is 12.6 Å². The average Bonchev–Trinajstić information content (AvgIpc) is 2.93. The molecule has 1 saturated heterocycles. The zero-order valence-electron chi connectivity index (χ0n) is 11.5.